The second kappa shape index (κ2) is 7.19. The lowest BCUT2D eigenvalue weighted by molar-refractivity contribution is 0.0698. The Bertz CT molecular complexity index is 373. The van der Waals surface area contributed by atoms with E-state index in [1.54, 1.807) is 6.08 Å². The summed E-state index contributed by atoms with van der Waals surface area (Å²) in [6.07, 6.45) is 4.10. The third-order valence-electron chi connectivity index (χ3n) is 3.07. The highest BCUT2D eigenvalue weighted by Crippen LogP contribution is 2.18. The first kappa shape index (κ1) is 13.1. The molecule has 0 aromatic heterocycles. The first-order valence-electron chi connectivity index (χ1n) is 6.53. The summed E-state index contributed by atoms with van der Waals surface area (Å²) in [6.45, 7) is 6.75. The van der Waals surface area contributed by atoms with E-state index < -0.39 is 0 Å². The molecule has 98 valence electrons. The number of rotatable bonds is 6. The third-order valence-corrected chi connectivity index (χ3v) is 3.07. The Hall–Kier alpha value is -1.32. The quantitative estimate of drug-likeness (QED) is 0.784. The number of hydrogen-bond acceptors (Lipinski definition) is 3. The zero-order valence-electron chi connectivity index (χ0n) is 10.7. The molecule has 1 N–H and O–H groups in total. The highest BCUT2D eigenvalue weighted by atomic mass is 16.5. The smallest absolute Gasteiger partial charge is 0.124 e. The first-order chi connectivity index (χ1) is 8.90. The van der Waals surface area contributed by atoms with Crippen LogP contribution in [-0.4, -0.2) is 25.9 Å². The van der Waals surface area contributed by atoms with Crippen molar-refractivity contribution in [1.82, 2.24) is 5.32 Å². The van der Waals surface area contributed by atoms with Crippen molar-refractivity contribution >= 4 is 0 Å². The van der Waals surface area contributed by atoms with E-state index in [4.69, 9.17) is 9.47 Å². The van der Waals surface area contributed by atoms with Gasteiger partial charge < -0.3 is 14.8 Å². The van der Waals surface area contributed by atoms with Gasteiger partial charge in [0.2, 0.25) is 0 Å². The Labute approximate surface area is 109 Å². The van der Waals surface area contributed by atoms with E-state index in [2.05, 4.69) is 18.0 Å². The minimum atomic E-state index is 0.464. The van der Waals surface area contributed by atoms with Crippen LogP contribution in [0, 0.1) is 0 Å². The summed E-state index contributed by atoms with van der Waals surface area (Å²) in [5, 5.41) is 3.52. The summed E-state index contributed by atoms with van der Waals surface area (Å²) >= 11 is 0. The monoisotopic (exact) mass is 247 g/mol. The van der Waals surface area contributed by atoms with E-state index in [0.29, 0.717) is 12.6 Å². The van der Waals surface area contributed by atoms with E-state index in [-0.39, 0.29) is 0 Å². The van der Waals surface area contributed by atoms with Crippen LogP contribution in [-0.2, 0) is 11.3 Å². The van der Waals surface area contributed by atoms with Gasteiger partial charge in [0.05, 0.1) is 6.61 Å². The molecule has 2 rings (SSSR count). The van der Waals surface area contributed by atoms with Crippen LogP contribution in [0.1, 0.15) is 18.4 Å². The second-order valence-electron chi connectivity index (χ2n) is 4.50. The molecule has 1 atom stereocenters. The lowest BCUT2D eigenvalue weighted by atomic mass is 10.1. The Morgan fingerprint density at radius 3 is 3.11 bits per heavy atom. The molecule has 3 nitrogen and oxygen atoms in total. The fraction of sp³-hybridized carbons (Fsp3) is 0.467. The van der Waals surface area contributed by atoms with Crippen molar-refractivity contribution in [2.75, 3.05) is 19.8 Å². The van der Waals surface area contributed by atoms with Gasteiger partial charge in [0.15, 0.2) is 0 Å². The van der Waals surface area contributed by atoms with Gasteiger partial charge in [-0.15, -0.1) is 0 Å². The van der Waals surface area contributed by atoms with Crippen LogP contribution in [0.2, 0.25) is 0 Å². The predicted octanol–water partition coefficient (Wildman–Crippen LogP) is 2.52. The summed E-state index contributed by atoms with van der Waals surface area (Å²) in [5.41, 5.74) is 1.19. The molecule has 1 aromatic rings. The van der Waals surface area contributed by atoms with Crippen LogP contribution in [0.15, 0.2) is 36.9 Å². The van der Waals surface area contributed by atoms with E-state index in [0.717, 1.165) is 31.9 Å². The van der Waals surface area contributed by atoms with Crippen LogP contribution in [0.3, 0.4) is 0 Å². The van der Waals surface area contributed by atoms with Crippen molar-refractivity contribution in [3.8, 4) is 5.75 Å². The van der Waals surface area contributed by atoms with Gasteiger partial charge in [-0.1, -0.05) is 30.9 Å². The standard InChI is InChI=1S/C15H21NO2/c1-2-9-18-15-8-4-3-6-13(15)11-16-14-7-5-10-17-12-14/h2-4,6,8,14,16H,1,5,7,9-12H2. The Balaban J connectivity index is 1.88. The minimum Gasteiger partial charge on any atom is -0.489 e. The van der Waals surface area contributed by atoms with Crippen LogP contribution in [0.25, 0.3) is 0 Å². The second-order valence-corrected chi connectivity index (χ2v) is 4.50. The number of benzene rings is 1. The molecule has 0 radical (unpaired) electrons. The van der Waals surface area contributed by atoms with E-state index in [9.17, 15) is 0 Å². The molecule has 0 amide bonds. The van der Waals surface area contributed by atoms with Gasteiger partial charge in [-0.3, -0.25) is 0 Å². The fourth-order valence-electron chi connectivity index (χ4n) is 2.10. The number of ether oxygens (including phenoxy) is 2. The van der Waals surface area contributed by atoms with Gasteiger partial charge in [-0.25, -0.2) is 0 Å². The molecule has 3 heteroatoms. The van der Waals surface area contributed by atoms with Crippen molar-refractivity contribution in [3.05, 3.63) is 42.5 Å². The maximum atomic E-state index is 5.64. The van der Waals surface area contributed by atoms with Gasteiger partial charge in [-0.2, -0.15) is 0 Å². The summed E-state index contributed by atoms with van der Waals surface area (Å²) in [4.78, 5) is 0. The first-order valence-corrected chi connectivity index (χ1v) is 6.53. The number of hydrogen-bond donors (Lipinski definition) is 1. The Morgan fingerprint density at radius 1 is 1.44 bits per heavy atom. The summed E-state index contributed by atoms with van der Waals surface area (Å²) in [5.74, 6) is 0.932. The fourth-order valence-corrected chi connectivity index (χ4v) is 2.10. The van der Waals surface area contributed by atoms with Crippen molar-refractivity contribution < 1.29 is 9.47 Å². The van der Waals surface area contributed by atoms with Crippen LogP contribution >= 0.6 is 0 Å². The SMILES string of the molecule is C=CCOc1ccccc1CNC1CCCOC1. The van der Waals surface area contributed by atoms with Crippen molar-refractivity contribution in [3.63, 3.8) is 0 Å². The third kappa shape index (κ3) is 3.86. The van der Waals surface area contributed by atoms with Gasteiger partial charge in [-0.05, 0) is 18.9 Å². The lowest BCUT2D eigenvalue weighted by Crippen LogP contribution is -2.36. The van der Waals surface area contributed by atoms with Crippen molar-refractivity contribution in [1.29, 1.82) is 0 Å². The van der Waals surface area contributed by atoms with E-state index >= 15 is 0 Å². The van der Waals surface area contributed by atoms with E-state index in [1.165, 1.54) is 12.0 Å². The molecular weight excluding hydrogens is 226 g/mol. The highest BCUT2D eigenvalue weighted by molar-refractivity contribution is 5.33. The molecule has 1 saturated heterocycles. The van der Waals surface area contributed by atoms with Gasteiger partial charge in [0.1, 0.15) is 12.4 Å². The van der Waals surface area contributed by atoms with Gasteiger partial charge in [0.25, 0.3) is 0 Å². The average molecular weight is 247 g/mol. The molecule has 0 spiro atoms. The van der Waals surface area contributed by atoms with Crippen LogP contribution in [0.4, 0.5) is 0 Å². The zero-order valence-corrected chi connectivity index (χ0v) is 10.7. The molecular formula is C15H21NO2. The van der Waals surface area contributed by atoms with Gasteiger partial charge in [0, 0.05) is 24.8 Å². The van der Waals surface area contributed by atoms with Gasteiger partial charge >= 0.3 is 0 Å². The van der Waals surface area contributed by atoms with E-state index in [1.807, 2.05) is 18.2 Å². The molecule has 0 saturated carbocycles. The Morgan fingerprint density at radius 2 is 2.33 bits per heavy atom. The number of para-hydroxylation sites is 1. The molecule has 0 aliphatic carbocycles. The lowest BCUT2D eigenvalue weighted by Gasteiger charge is -2.23. The molecule has 18 heavy (non-hydrogen) atoms. The number of nitrogens with one attached hydrogen (secondary N) is 1. The largest absolute Gasteiger partial charge is 0.489 e. The topological polar surface area (TPSA) is 30.5 Å². The molecule has 1 unspecified atom stereocenters. The van der Waals surface area contributed by atoms with Crippen LogP contribution in [0.5, 0.6) is 5.75 Å². The Kier molecular flexibility index (Phi) is 5.24. The zero-order chi connectivity index (χ0) is 12.6. The predicted molar refractivity (Wildman–Crippen MR) is 72.8 cm³/mol. The molecule has 0 bridgehead atoms. The van der Waals surface area contributed by atoms with Crippen LogP contribution < -0.4 is 10.1 Å². The summed E-state index contributed by atoms with van der Waals surface area (Å²) in [6, 6.07) is 8.58. The summed E-state index contributed by atoms with van der Waals surface area (Å²) in [7, 11) is 0. The average Bonchev–Trinajstić information content (AvgIpc) is 2.45. The molecule has 1 aliphatic rings. The molecule has 1 aliphatic heterocycles. The minimum absolute atomic E-state index is 0.464. The maximum absolute atomic E-state index is 5.64. The maximum Gasteiger partial charge on any atom is 0.124 e. The summed E-state index contributed by atoms with van der Waals surface area (Å²) < 4.78 is 11.1. The van der Waals surface area contributed by atoms with Crippen molar-refractivity contribution in [2.45, 2.75) is 25.4 Å². The molecule has 1 heterocycles. The molecule has 1 fully saturated rings. The normalized spacial score (nSPS) is 19.4. The van der Waals surface area contributed by atoms with Crippen molar-refractivity contribution in [2.24, 2.45) is 0 Å². The highest BCUT2D eigenvalue weighted by Gasteiger charge is 2.13. The molecule has 1 aromatic carbocycles.